The first-order valence-electron chi connectivity index (χ1n) is 10.2. The third-order valence-corrected chi connectivity index (χ3v) is 4.35. The Kier molecular flexibility index (Phi) is 16.3. The fourth-order valence-corrected chi connectivity index (χ4v) is 2.51. The zero-order chi connectivity index (χ0) is 20.2. The van der Waals surface area contributed by atoms with Gasteiger partial charge < -0.3 is 9.84 Å². The summed E-state index contributed by atoms with van der Waals surface area (Å²) in [7, 11) is 0. The predicted octanol–water partition coefficient (Wildman–Crippen LogP) is 6.79. The van der Waals surface area contributed by atoms with Crippen molar-refractivity contribution in [2.45, 2.75) is 77.7 Å². The van der Waals surface area contributed by atoms with E-state index in [1.54, 1.807) is 0 Å². The van der Waals surface area contributed by atoms with E-state index in [4.69, 9.17) is 4.74 Å². The van der Waals surface area contributed by atoms with Crippen LogP contribution in [-0.2, 0) is 9.53 Å². The average Bonchev–Trinajstić information content (AvgIpc) is 2.67. The van der Waals surface area contributed by atoms with Crippen molar-refractivity contribution < 1.29 is 14.6 Å². The van der Waals surface area contributed by atoms with Crippen molar-refractivity contribution in [3.63, 3.8) is 0 Å². The summed E-state index contributed by atoms with van der Waals surface area (Å²) in [6.45, 7) is 6.30. The van der Waals surface area contributed by atoms with Crippen molar-refractivity contribution in [1.82, 2.24) is 0 Å². The quantitative estimate of drug-likeness (QED) is 0.239. The van der Waals surface area contributed by atoms with Gasteiger partial charge in [0.05, 0.1) is 6.61 Å². The van der Waals surface area contributed by atoms with Crippen LogP contribution in [0.2, 0.25) is 0 Å². The third-order valence-electron chi connectivity index (χ3n) is 4.35. The van der Waals surface area contributed by atoms with Gasteiger partial charge >= 0.3 is 5.97 Å². The number of ether oxygens (including phenoxy) is 1. The lowest BCUT2D eigenvalue weighted by molar-refractivity contribution is -0.167. The van der Waals surface area contributed by atoms with Gasteiger partial charge in [-0.15, -0.1) is 0 Å². The van der Waals surface area contributed by atoms with Crippen LogP contribution in [0.25, 0.3) is 0 Å². The summed E-state index contributed by atoms with van der Waals surface area (Å²) in [6, 6.07) is 0. The number of hydrogen-bond acceptors (Lipinski definition) is 2. The van der Waals surface area contributed by atoms with Gasteiger partial charge in [-0.1, -0.05) is 81.5 Å². The molecule has 27 heavy (non-hydrogen) atoms. The van der Waals surface area contributed by atoms with Gasteiger partial charge in [-0.05, 0) is 51.4 Å². The molecular formula is C24H38O3. The molecule has 0 aliphatic carbocycles. The summed E-state index contributed by atoms with van der Waals surface area (Å²) in [5, 5.41) is 9.29. The average molecular weight is 375 g/mol. The van der Waals surface area contributed by atoms with Gasteiger partial charge in [-0.3, -0.25) is 0 Å². The Hall–Kier alpha value is -1.87. The lowest BCUT2D eigenvalue weighted by Crippen LogP contribution is -2.40. The second kappa shape index (κ2) is 17.5. The minimum atomic E-state index is -1.03. The summed E-state index contributed by atoms with van der Waals surface area (Å²) in [6.07, 6.45) is 28.3. The summed E-state index contributed by atoms with van der Waals surface area (Å²) in [4.78, 5) is 11.3. The van der Waals surface area contributed by atoms with Crippen LogP contribution in [0.4, 0.5) is 0 Å². The highest BCUT2D eigenvalue weighted by atomic mass is 16.5. The molecule has 0 saturated heterocycles. The molecule has 0 rings (SSSR count). The molecule has 0 aromatic carbocycles. The van der Waals surface area contributed by atoms with Crippen LogP contribution in [-0.4, -0.2) is 23.3 Å². The van der Waals surface area contributed by atoms with Crippen molar-refractivity contribution in [1.29, 1.82) is 0 Å². The first-order valence-corrected chi connectivity index (χ1v) is 10.2. The molecule has 0 unspecified atom stereocenters. The van der Waals surface area contributed by atoms with Gasteiger partial charge in [0, 0.05) is 0 Å². The van der Waals surface area contributed by atoms with Gasteiger partial charge in [0.1, 0.15) is 0 Å². The molecule has 1 N–H and O–H groups in total. The summed E-state index contributed by atoms with van der Waals surface area (Å²) < 4.78 is 5.62. The lowest BCUT2D eigenvalue weighted by Gasteiger charge is -2.26. The highest BCUT2D eigenvalue weighted by Gasteiger charge is 2.35. The topological polar surface area (TPSA) is 46.5 Å². The maximum atomic E-state index is 11.3. The Balaban J connectivity index is 3.78. The molecule has 0 aromatic heterocycles. The number of allylic oxidation sites excluding steroid dienone is 9. The molecule has 152 valence electrons. The largest absolute Gasteiger partial charge is 0.479 e. The van der Waals surface area contributed by atoms with Crippen LogP contribution >= 0.6 is 0 Å². The van der Waals surface area contributed by atoms with Crippen molar-refractivity contribution >= 4 is 5.97 Å². The Morgan fingerprint density at radius 3 is 1.52 bits per heavy atom. The van der Waals surface area contributed by atoms with Crippen LogP contribution in [0.1, 0.15) is 72.1 Å². The van der Waals surface area contributed by atoms with Crippen molar-refractivity contribution in [2.75, 3.05) is 6.61 Å². The van der Waals surface area contributed by atoms with E-state index in [-0.39, 0.29) is 0 Å². The van der Waals surface area contributed by atoms with E-state index in [1.807, 2.05) is 13.8 Å². The molecule has 3 heteroatoms. The number of rotatable bonds is 16. The first kappa shape index (κ1) is 25.1. The molecular weight excluding hydrogens is 336 g/mol. The van der Waals surface area contributed by atoms with E-state index in [0.717, 1.165) is 38.5 Å². The van der Waals surface area contributed by atoms with Gasteiger partial charge in [0.15, 0.2) is 5.60 Å². The van der Waals surface area contributed by atoms with E-state index >= 15 is 0 Å². The summed E-state index contributed by atoms with van der Waals surface area (Å²) >= 11 is 0. The Morgan fingerprint density at radius 2 is 1.15 bits per heavy atom. The number of carbonyl (C=O) groups is 1. The highest BCUT2D eigenvalue weighted by molar-refractivity contribution is 5.77. The van der Waals surface area contributed by atoms with E-state index in [2.05, 4.69) is 67.7 Å². The van der Waals surface area contributed by atoms with Gasteiger partial charge in [-0.25, -0.2) is 4.79 Å². The molecule has 0 radical (unpaired) electrons. The number of carboxylic acid groups (broad SMARTS) is 1. The second-order valence-electron chi connectivity index (χ2n) is 6.35. The van der Waals surface area contributed by atoms with Crippen LogP contribution in [0, 0.1) is 0 Å². The SMILES string of the molecule is CCC=CCC=CCC=CCC=CCC=CCCOC(CC)(CC)C(=O)O. The van der Waals surface area contributed by atoms with E-state index in [0.29, 0.717) is 19.4 Å². The van der Waals surface area contributed by atoms with E-state index in [9.17, 15) is 9.90 Å². The zero-order valence-corrected chi connectivity index (χ0v) is 17.4. The molecule has 0 bridgehead atoms. The Morgan fingerprint density at radius 1 is 0.741 bits per heavy atom. The lowest BCUT2D eigenvalue weighted by atomic mass is 9.97. The molecule has 0 atom stereocenters. The van der Waals surface area contributed by atoms with Crippen LogP contribution in [0.15, 0.2) is 60.8 Å². The first-order chi connectivity index (χ1) is 13.1. The fourth-order valence-electron chi connectivity index (χ4n) is 2.51. The molecule has 0 amide bonds. The molecule has 0 aromatic rings. The van der Waals surface area contributed by atoms with E-state index < -0.39 is 11.6 Å². The van der Waals surface area contributed by atoms with E-state index in [1.165, 1.54) is 0 Å². The van der Waals surface area contributed by atoms with Crippen LogP contribution in [0.5, 0.6) is 0 Å². The minimum absolute atomic E-state index is 0.443. The second-order valence-corrected chi connectivity index (χ2v) is 6.35. The molecule has 0 heterocycles. The normalized spacial score (nSPS) is 13.3. The number of aliphatic carboxylic acids is 1. The van der Waals surface area contributed by atoms with Crippen LogP contribution in [0.3, 0.4) is 0 Å². The fraction of sp³-hybridized carbons (Fsp3) is 0.542. The van der Waals surface area contributed by atoms with Crippen LogP contribution < -0.4 is 0 Å². The third kappa shape index (κ3) is 13.0. The minimum Gasteiger partial charge on any atom is -0.479 e. The maximum Gasteiger partial charge on any atom is 0.335 e. The maximum absolute atomic E-state index is 11.3. The Labute approximate surface area is 166 Å². The van der Waals surface area contributed by atoms with Gasteiger partial charge in [0.25, 0.3) is 0 Å². The summed E-state index contributed by atoms with van der Waals surface area (Å²) in [5.74, 6) is -0.865. The molecule has 0 aliphatic heterocycles. The molecule has 0 fully saturated rings. The molecule has 0 aliphatic rings. The summed E-state index contributed by atoms with van der Waals surface area (Å²) in [5.41, 5.74) is -1.03. The predicted molar refractivity (Wildman–Crippen MR) is 116 cm³/mol. The van der Waals surface area contributed by atoms with Crippen molar-refractivity contribution in [2.24, 2.45) is 0 Å². The monoisotopic (exact) mass is 374 g/mol. The number of carboxylic acids is 1. The van der Waals surface area contributed by atoms with Crippen molar-refractivity contribution in [3.05, 3.63) is 60.8 Å². The van der Waals surface area contributed by atoms with Crippen molar-refractivity contribution in [3.8, 4) is 0 Å². The standard InChI is InChI=1S/C24H38O3/c1-4-7-8-9-10-11-12-13-14-15-16-17-18-19-20-21-22-27-24(5-2,6-3)23(25)26/h7-8,10-11,13-14,16-17,19-20H,4-6,9,12,15,18,21-22H2,1-3H3,(H,25,26). The van der Waals surface area contributed by atoms with Gasteiger partial charge in [-0.2, -0.15) is 0 Å². The Bertz CT molecular complexity index is 506. The molecule has 0 saturated carbocycles. The van der Waals surface area contributed by atoms with Gasteiger partial charge in [0.2, 0.25) is 0 Å². The smallest absolute Gasteiger partial charge is 0.335 e. The molecule has 3 nitrogen and oxygen atoms in total. The highest BCUT2D eigenvalue weighted by Crippen LogP contribution is 2.21. The zero-order valence-electron chi connectivity index (χ0n) is 17.4. The molecule has 0 spiro atoms. The number of hydrogen-bond donors (Lipinski definition) is 1.